The standard InChI is InChI=1S/C13H16N4/c1-17-7-9-10(13(8-17)3-2-4-13)11-12(16-9)15-6-5-14-11/h5-6H,2-4,7-8H2,1H3,(H,15,16). The van der Waals surface area contributed by atoms with E-state index in [1.165, 1.54) is 37.1 Å². The topological polar surface area (TPSA) is 44.8 Å². The molecule has 1 N–H and O–H groups in total. The average molecular weight is 228 g/mol. The number of fused-ring (bicyclic) bond motifs is 4. The maximum absolute atomic E-state index is 4.54. The van der Waals surface area contributed by atoms with Crippen LogP contribution in [0.1, 0.15) is 30.5 Å². The van der Waals surface area contributed by atoms with Crippen molar-refractivity contribution in [3.05, 3.63) is 23.7 Å². The van der Waals surface area contributed by atoms with Crippen LogP contribution in [0.3, 0.4) is 0 Å². The summed E-state index contributed by atoms with van der Waals surface area (Å²) in [6.45, 7) is 2.17. The molecule has 0 aromatic carbocycles. The van der Waals surface area contributed by atoms with E-state index in [1.807, 2.05) is 0 Å². The number of nitrogens with zero attached hydrogens (tertiary/aromatic N) is 3. The summed E-state index contributed by atoms with van der Waals surface area (Å²) in [5.41, 5.74) is 5.22. The van der Waals surface area contributed by atoms with Gasteiger partial charge in [0.2, 0.25) is 0 Å². The van der Waals surface area contributed by atoms with E-state index in [1.54, 1.807) is 12.4 Å². The first-order chi connectivity index (χ1) is 8.28. The van der Waals surface area contributed by atoms with Crippen LogP contribution in [0.2, 0.25) is 0 Å². The van der Waals surface area contributed by atoms with Gasteiger partial charge in [-0.2, -0.15) is 0 Å². The zero-order valence-corrected chi connectivity index (χ0v) is 10.0. The van der Waals surface area contributed by atoms with Crippen LogP contribution in [-0.4, -0.2) is 33.4 Å². The number of aromatic amines is 1. The molecule has 1 saturated carbocycles. The van der Waals surface area contributed by atoms with Crippen molar-refractivity contribution in [1.82, 2.24) is 19.9 Å². The van der Waals surface area contributed by atoms with Crippen molar-refractivity contribution in [2.45, 2.75) is 31.2 Å². The summed E-state index contributed by atoms with van der Waals surface area (Å²) >= 11 is 0. The number of nitrogens with one attached hydrogen (secondary N) is 1. The summed E-state index contributed by atoms with van der Waals surface area (Å²) in [5, 5.41) is 0. The first-order valence-electron chi connectivity index (χ1n) is 6.29. The van der Waals surface area contributed by atoms with E-state index in [0.29, 0.717) is 5.41 Å². The summed E-state index contributed by atoms with van der Waals surface area (Å²) < 4.78 is 0. The van der Waals surface area contributed by atoms with Gasteiger partial charge in [0, 0.05) is 42.2 Å². The number of hydrogen-bond acceptors (Lipinski definition) is 3. The smallest absolute Gasteiger partial charge is 0.156 e. The van der Waals surface area contributed by atoms with Crippen LogP contribution in [0.4, 0.5) is 0 Å². The Bertz CT molecular complexity index is 582. The molecule has 0 atom stereocenters. The van der Waals surface area contributed by atoms with Gasteiger partial charge in [0.25, 0.3) is 0 Å². The van der Waals surface area contributed by atoms with Crippen molar-refractivity contribution in [2.75, 3.05) is 13.6 Å². The number of rotatable bonds is 0. The highest BCUT2D eigenvalue weighted by Crippen LogP contribution is 2.49. The molecule has 1 aliphatic heterocycles. The zero-order chi connectivity index (χ0) is 11.5. The highest BCUT2D eigenvalue weighted by atomic mass is 15.1. The molecule has 2 aromatic heterocycles. The second-order valence-electron chi connectivity index (χ2n) is 5.54. The predicted molar refractivity (Wildman–Crippen MR) is 65.8 cm³/mol. The van der Waals surface area contributed by atoms with Crippen molar-refractivity contribution in [3.8, 4) is 0 Å². The lowest BCUT2D eigenvalue weighted by Gasteiger charge is -2.47. The molecule has 0 amide bonds. The van der Waals surface area contributed by atoms with Gasteiger partial charge in [0.1, 0.15) is 5.52 Å². The fourth-order valence-corrected chi connectivity index (χ4v) is 3.58. The number of aromatic nitrogens is 3. The van der Waals surface area contributed by atoms with Gasteiger partial charge >= 0.3 is 0 Å². The van der Waals surface area contributed by atoms with Crippen LogP contribution in [-0.2, 0) is 12.0 Å². The van der Waals surface area contributed by atoms with Crippen molar-refractivity contribution in [2.24, 2.45) is 0 Å². The molecule has 4 nitrogen and oxygen atoms in total. The Morgan fingerprint density at radius 2 is 2.12 bits per heavy atom. The Balaban J connectivity index is 2.02. The van der Waals surface area contributed by atoms with Crippen molar-refractivity contribution in [3.63, 3.8) is 0 Å². The van der Waals surface area contributed by atoms with E-state index in [4.69, 9.17) is 0 Å². The SMILES string of the molecule is CN1Cc2[nH]c3nccnc3c2C2(CCC2)C1. The minimum absolute atomic E-state index is 0.358. The monoisotopic (exact) mass is 228 g/mol. The highest BCUT2D eigenvalue weighted by Gasteiger charge is 2.45. The van der Waals surface area contributed by atoms with Gasteiger partial charge in [-0.05, 0) is 19.9 Å². The summed E-state index contributed by atoms with van der Waals surface area (Å²) in [6, 6.07) is 0. The molecule has 0 saturated heterocycles. The van der Waals surface area contributed by atoms with Gasteiger partial charge in [0.15, 0.2) is 5.65 Å². The van der Waals surface area contributed by atoms with Gasteiger partial charge in [-0.25, -0.2) is 4.98 Å². The first-order valence-corrected chi connectivity index (χ1v) is 6.29. The normalized spacial score (nSPS) is 22.6. The molecule has 0 bridgehead atoms. The summed E-state index contributed by atoms with van der Waals surface area (Å²) in [6.07, 6.45) is 7.52. The Labute approximate surface area is 100 Å². The fraction of sp³-hybridized carbons (Fsp3) is 0.538. The molecule has 17 heavy (non-hydrogen) atoms. The van der Waals surface area contributed by atoms with Crippen LogP contribution in [0.25, 0.3) is 11.2 Å². The van der Waals surface area contributed by atoms with E-state index in [0.717, 1.165) is 17.7 Å². The number of H-pyrrole nitrogens is 1. The van der Waals surface area contributed by atoms with E-state index < -0.39 is 0 Å². The highest BCUT2D eigenvalue weighted by molar-refractivity contribution is 5.79. The van der Waals surface area contributed by atoms with Crippen LogP contribution in [0, 0.1) is 0 Å². The third-order valence-electron chi connectivity index (χ3n) is 4.35. The van der Waals surface area contributed by atoms with E-state index in [9.17, 15) is 0 Å². The lowest BCUT2D eigenvalue weighted by Crippen LogP contribution is -2.48. The molecule has 0 unspecified atom stereocenters. The zero-order valence-electron chi connectivity index (χ0n) is 10.0. The fourth-order valence-electron chi connectivity index (χ4n) is 3.58. The van der Waals surface area contributed by atoms with Crippen LogP contribution in [0.15, 0.2) is 12.4 Å². The second kappa shape index (κ2) is 3.07. The molecule has 2 aliphatic rings. The van der Waals surface area contributed by atoms with Gasteiger partial charge in [-0.15, -0.1) is 0 Å². The molecular weight excluding hydrogens is 212 g/mol. The Hall–Kier alpha value is -1.42. The maximum atomic E-state index is 4.54. The van der Waals surface area contributed by atoms with Crippen molar-refractivity contribution >= 4 is 11.2 Å². The maximum Gasteiger partial charge on any atom is 0.156 e. The molecule has 3 heterocycles. The van der Waals surface area contributed by atoms with Crippen LogP contribution < -0.4 is 0 Å². The molecule has 4 rings (SSSR count). The molecule has 2 aromatic rings. The van der Waals surface area contributed by atoms with Crippen LogP contribution >= 0.6 is 0 Å². The Morgan fingerprint density at radius 3 is 2.88 bits per heavy atom. The largest absolute Gasteiger partial charge is 0.340 e. The molecular formula is C13H16N4. The van der Waals surface area contributed by atoms with E-state index in [2.05, 4.69) is 26.9 Å². The number of likely N-dealkylation sites (N-methyl/N-ethyl adjacent to an activating group) is 1. The molecule has 0 radical (unpaired) electrons. The molecule has 1 aliphatic carbocycles. The van der Waals surface area contributed by atoms with Gasteiger partial charge in [-0.3, -0.25) is 9.88 Å². The third-order valence-corrected chi connectivity index (χ3v) is 4.35. The third kappa shape index (κ3) is 1.16. The summed E-state index contributed by atoms with van der Waals surface area (Å²) in [7, 11) is 2.20. The molecule has 4 heteroatoms. The summed E-state index contributed by atoms with van der Waals surface area (Å²) in [4.78, 5) is 14.8. The van der Waals surface area contributed by atoms with Gasteiger partial charge < -0.3 is 4.98 Å². The van der Waals surface area contributed by atoms with Crippen LogP contribution in [0.5, 0.6) is 0 Å². The van der Waals surface area contributed by atoms with E-state index >= 15 is 0 Å². The molecule has 88 valence electrons. The Morgan fingerprint density at radius 1 is 1.29 bits per heavy atom. The molecule has 1 spiro atoms. The predicted octanol–water partition coefficient (Wildman–Crippen LogP) is 1.82. The van der Waals surface area contributed by atoms with Crippen molar-refractivity contribution in [1.29, 1.82) is 0 Å². The van der Waals surface area contributed by atoms with E-state index in [-0.39, 0.29) is 0 Å². The summed E-state index contributed by atoms with van der Waals surface area (Å²) in [5.74, 6) is 0. The number of hydrogen-bond donors (Lipinski definition) is 1. The first kappa shape index (κ1) is 9.59. The van der Waals surface area contributed by atoms with Gasteiger partial charge in [0.05, 0.1) is 0 Å². The lowest BCUT2D eigenvalue weighted by molar-refractivity contribution is 0.135. The average Bonchev–Trinajstić information content (AvgIpc) is 2.63. The lowest BCUT2D eigenvalue weighted by atomic mass is 9.62. The quantitative estimate of drug-likeness (QED) is 0.748. The molecule has 1 fully saturated rings. The van der Waals surface area contributed by atoms with Crippen molar-refractivity contribution < 1.29 is 0 Å². The minimum Gasteiger partial charge on any atom is -0.340 e. The Kier molecular flexibility index (Phi) is 1.73. The minimum atomic E-state index is 0.358. The van der Waals surface area contributed by atoms with Gasteiger partial charge in [-0.1, -0.05) is 6.42 Å². The second-order valence-corrected chi connectivity index (χ2v) is 5.54.